The number of ether oxygens (including phenoxy) is 1. The van der Waals surface area contributed by atoms with E-state index in [1.807, 2.05) is 0 Å². The lowest BCUT2D eigenvalue weighted by Gasteiger charge is -2.18. The molecular weight excluding hydrogens is 204 g/mol. The molecule has 1 unspecified atom stereocenters. The molecule has 0 saturated heterocycles. The molecule has 2 N–H and O–H groups in total. The minimum atomic E-state index is -1.19. The first-order valence-corrected chi connectivity index (χ1v) is 4.71. The Labute approximate surface area is 89.0 Å². The molecule has 0 aromatic rings. The van der Waals surface area contributed by atoms with Gasteiger partial charge in [0.2, 0.25) is 5.12 Å². The van der Waals surface area contributed by atoms with E-state index in [9.17, 15) is 9.90 Å². The van der Waals surface area contributed by atoms with Gasteiger partial charge in [-0.25, -0.2) is 0 Å². The third-order valence-electron chi connectivity index (χ3n) is 1.33. The Balaban J connectivity index is 3.65. The molecule has 0 aliphatic carbocycles. The molecule has 4 nitrogen and oxygen atoms in total. The van der Waals surface area contributed by atoms with Gasteiger partial charge in [-0.2, -0.15) is 0 Å². The van der Waals surface area contributed by atoms with Crippen molar-refractivity contribution in [2.75, 3.05) is 6.61 Å². The van der Waals surface area contributed by atoms with Crippen LogP contribution in [0.5, 0.6) is 0 Å². The summed E-state index contributed by atoms with van der Waals surface area (Å²) >= 11 is 3.50. The molecular formula is C9H16O4S. The maximum absolute atomic E-state index is 10.4. The summed E-state index contributed by atoms with van der Waals surface area (Å²) in [7, 11) is 0. The third kappa shape index (κ3) is 9.73. The molecule has 1 atom stereocenters. The molecule has 82 valence electrons. The number of carbonyl (C=O) groups is 1. The molecule has 0 amide bonds. The van der Waals surface area contributed by atoms with Crippen molar-refractivity contribution >= 4 is 17.7 Å². The van der Waals surface area contributed by atoms with Crippen LogP contribution in [-0.4, -0.2) is 33.8 Å². The van der Waals surface area contributed by atoms with Crippen molar-refractivity contribution in [1.29, 1.82) is 0 Å². The zero-order chi connectivity index (χ0) is 11.2. The number of aliphatic hydroxyl groups is 2. The van der Waals surface area contributed by atoms with Crippen molar-refractivity contribution in [1.82, 2.24) is 0 Å². The molecule has 0 radical (unpaired) electrons. The van der Waals surface area contributed by atoms with Gasteiger partial charge in [0.15, 0.2) is 5.79 Å². The minimum absolute atomic E-state index is 0.218. The summed E-state index contributed by atoms with van der Waals surface area (Å²) in [6.45, 7) is 3.23. The van der Waals surface area contributed by atoms with E-state index in [-0.39, 0.29) is 6.61 Å². The zero-order valence-corrected chi connectivity index (χ0v) is 9.20. The van der Waals surface area contributed by atoms with E-state index >= 15 is 0 Å². The van der Waals surface area contributed by atoms with Crippen LogP contribution in [0.25, 0.3) is 0 Å². The molecule has 0 spiro atoms. The standard InChI is InChI=1S/C9H16O4S/c1-9(2,12)13-6-5-7(10)3-4-8(11)14/h3-4,7,10,12H,5-6H2,1-2H3,(H,11,14)/b4-3+. The topological polar surface area (TPSA) is 66.8 Å². The molecule has 0 saturated carbocycles. The number of aliphatic hydroxyl groups excluding tert-OH is 1. The van der Waals surface area contributed by atoms with Gasteiger partial charge in [-0.15, -0.1) is 12.6 Å². The van der Waals surface area contributed by atoms with Crippen molar-refractivity contribution in [2.45, 2.75) is 32.2 Å². The van der Waals surface area contributed by atoms with Crippen LogP contribution >= 0.6 is 12.6 Å². The first kappa shape index (κ1) is 13.6. The molecule has 0 rings (SSSR count). The number of hydrogen-bond donors (Lipinski definition) is 3. The monoisotopic (exact) mass is 220 g/mol. The van der Waals surface area contributed by atoms with Gasteiger partial charge in [-0.3, -0.25) is 4.79 Å². The Morgan fingerprint density at radius 1 is 1.64 bits per heavy atom. The Bertz CT molecular complexity index is 207. The molecule has 0 bridgehead atoms. The number of rotatable bonds is 6. The van der Waals surface area contributed by atoms with Crippen LogP contribution in [-0.2, 0) is 9.53 Å². The summed E-state index contributed by atoms with van der Waals surface area (Å²) in [6, 6.07) is 0. The summed E-state index contributed by atoms with van der Waals surface area (Å²) in [6.07, 6.45) is 2.08. The lowest BCUT2D eigenvalue weighted by Crippen LogP contribution is -2.25. The second-order valence-electron chi connectivity index (χ2n) is 3.35. The Morgan fingerprint density at radius 3 is 2.64 bits per heavy atom. The lowest BCUT2D eigenvalue weighted by atomic mass is 10.2. The smallest absolute Gasteiger partial charge is 0.208 e. The van der Waals surface area contributed by atoms with Crippen molar-refractivity contribution in [3.63, 3.8) is 0 Å². The molecule has 14 heavy (non-hydrogen) atoms. The van der Waals surface area contributed by atoms with Crippen LogP contribution in [0.2, 0.25) is 0 Å². The van der Waals surface area contributed by atoms with Crippen molar-refractivity contribution < 1.29 is 19.7 Å². The van der Waals surface area contributed by atoms with Gasteiger partial charge in [0.25, 0.3) is 0 Å². The second kappa shape index (κ2) is 6.19. The van der Waals surface area contributed by atoms with Gasteiger partial charge in [0.05, 0.1) is 12.7 Å². The van der Waals surface area contributed by atoms with E-state index in [2.05, 4.69) is 12.6 Å². The number of hydrogen-bond acceptors (Lipinski definition) is 4. The maximum atomic E-state index is 10.4. The van der Waals surface area contributed by atoms with Crippen LogP contribution in [0.15, 0.2) is 12.2 Å². The predicted molar refractivity (Wildman–Crippen MR) is 56.0 cm³/mol. The Morgan fingerprint density at radius 2 is 2.21 bits per heavy atom. The SMILES string of the molecule is CC(C)(O)OCCC(O)/C=C/C(=O)S. The van der Waals surface area contributed by atoms with E-state index in [0.29, 0.717) is 6.42 Å². The third-order valence-corrected chi connectivity index (χ3v) is 1.48. The van der Waals surface area contributed by atoms with E-state index in [0.717, 1.165) is 0 Å². The van der Waals surface area contributed by atoms with Crippen LogP contribution < -0.4 is 0 Å². The van der Waals surface area contributed by atoms with Gasteiger partial charge >= 0.3 is 0 Å². The average molecular weight is 220 g/mol. The molecule has 0 aromatic carbocycles. The molecule has 0 fully saturated rings. The highest BCUT2D eigenvalue weighted by Crippen LogP contribution is 2.05. The molecule has 0 aliphatic heterocycles. The van der Waals surface area contributed by atoms with Gasteiger partial charge in [0, 0.05) is 6.42 Å². The maximum Gasteiger partial charge on any atom is 0.208 e. The fourth-order valence-corrected chi connectivity index (χ4v) is 0.805. The number of thiol groups is 1. The quantitative estimate of drug-likeness (QED) is 0.346. The van der Waals surface area contributed by atoms with Gasteiger partial charge in [-0.1, -0.05) is 6.08 Å². The van der Waals surface area contributed by atoms with Gasteiger partial charge < -0.3 is 14.9 Å². The Hall–Kier alpha value is -0.360. The number of carbonyl (C=O) groups excluding carboxylic acids is 1. The summed E-state index contributed by atoms with van der Waals surface area (Å²) in [5, 5.41) is 18.0. The van der Waals surface area contributed by atoms with Gasteiger partial charge in [-0.05, 0) is 19.9 Å². The van der Waals surface area contributed by atoms with Crippen molar-refractivity contribution in [3.8, 4) is 0 Å². The first-order valence-electron chi connectivity index (χ1n) is 4.27. The average Bonchev–Trinajstić information content (AvgIpc) is 1.98. The van der Waals surface area contributed by atoms with Gasteiger partial charge in [0.1, 0.15) is 0 Å². The largest absolute Gasteiger partial charge is 0.389 e. The summed E-state index contributed by atoms with van der Waals surface area (Å²) in [5.74, 6) is -1.19. The second-order valence-corrected chi connectivity index (χ2v) is 3.79. The molecule has 0 aliphatic rings. The van der Waals surface area contributed by atoms with E-state index < -0.39 is 17.0 Å². The first-order chi connectivity index (χ1) is 6.31. The van der Waals surface area contributed by atoms with Crippen LogP contribution in [0.4, 0.5) is 0 Å². The molecule has 5 heteroatoms. The fraction of sp³-hybridized carbons (Fsp3) is 0.667. The highest BCUT2D eigenvalue weighted by Gasteiger charge is 2.12. The normalized spacial score (nSPS) is 14.6. The summed E-state index contributed by atoms with van der Waals surface area (Å²) < 4.78 is 4.96. The van der Waals surface area contributed by atoms with E-state index in [1.54, 1.807) is 0 Å². The lowest BCUT2D eigenvalue weighted by molar-refractivity contribution is -0.178. The van der Waals surface area contributed by atoms with E-state index in [4.69, 9.17) is 9.84 Å². The predicted octanol–water partition coefficient (Wildman–Crippen LogP) is 0.495. The summed E-state index contributed by atoms with van der Waals surface area (Å²) in [4.78, 5) is 10.4. The van der Waals surface area contributed by atoms with Crippen LogP contribution in [0.3, 0.4) is 0 Å². The molecule has 0 aromatic heterocycles. The fourth-order valence-electron chi connectivity index (χ4n) is 0.719. The van der Waals surface area contributed by atoms with Crippen molar-refractivity contribution in [2.24, 2.45) is 0 Å². The van der Waals surface area contributed by atoms with Crippen LogP contribution in [0.1, 0.15) is 20.3 Å². The van der Waals surface area contributed by atoms with Crippen molar-refractivity contribution in [3.05, 3.63) is 12.2 Å². The minimum Gasteiger partial charge on any atom is -0.389 e. The zero-order valence-electron chi connectivity index (χ0n) is 8.30. The summed E-state index contributed by atoms with van der Waals surface area (Å²) in [5.41, 5.74) is 0. The highest BCUT2D eigenvalue weighted by molar-refractivity contribution is 7.97. The highest BCUT2D eigenvalue weighted by atomic mass is 32.1. The van der Waals surface area contributed by atoms with E-state index in [1.165, 1.54) is 26.0 Å². The van der Waals surface area contributed by atoms with Crippen LogP contribution in [0, 0.1) is 0 Å². The Kier molecular flexibility index (Phi) is 6.03. The molecule has 0 heterocycles.